The van der Waals surface area contributed by atoms with Gasteiger partial charge in [-0.1, -0.05) is 146 Å². The topological polar surface area (TPSA) is 6.48 Å². The maximum absolute atomic E-state index is 15.3. The molecule has 61 heavy (non-hydrogen) atoms. The van der Waals surface area contributed by atoms with Gasteiger partial charge in [0.25, 0.3) is 0 Å². The Kier molecular flexibility index (Phi) is 7.85. The van der Waals surface area contributed by atoms with Gasteiger partial charge in [0.2, 0.25) is 0 Å². The lowest BCUT2D eigenvalue weighted by Crippen LogP contribution is -2.26. The molecule has 10 aromatic rings. The second-order valence-corrected chi connectivity index (χ2v) is 15.9. The highest BCUT2D eigenvalue weighted by Gasteiger charge is 2.53. The van der Waals surface area contributed by atoms with Gasteiger partial charge in [0.15, 0.2) is 0 Å². The molecule has 0 atom stereocenters. The lowest BCUT2D eigenvalue weighted by atomic mass is 9.70. The van der Waals surface area contributed by atoms with Crippen molar-refractivity contribution in [3.8, 4) is 22.3 Å². The van der Waals surface area contributed by atoms with E-state index in [1.165, 1.54) is 45.5 Å². The second kappa shape index (κ2) is 13.6. The fourth-order valence-electron chi connectivity index (χ4n) is 10.4. The first-order chi connectivity index (χ1) is 30.1. The van der Waals surface area contributed by atoms with Crippen LogP contribution >= 0.6 is 0 Å². The van der Waals surface area contributed by atoms with Crippen molar-refractivity contribution in [2.24, 2.45) is 0 Å². The Balaban J connectivity index is 1.27. The zero-order valence-corrected chi connectivity index (χ0v) is 32.9. The molecule has 0 aromatic heterocycles. The van der Waals surface area contributed by atoms with Crippen LogP contribution in [0, 0.1) is 11.6 Å². The van der Waals surface area contributed by atoms with Gasteiger partial charge in [0.05, 0.1) is 16.8 Å². The summed E-state index contributed by atoms with van der Waals surface area (Å²) < 4.78 is 30.6. The van der Waals surface area contributed by atoms with Crippen LogP contribution in [0.4, 0.5) is 42.9 Å². The van der Waals surface area contributed by atoms with E-state index in [1.54, 1.807) is 24.3 Å². The predicted octanol–water partition coefficient (Wildman–Crippen LogP) is 15.6. The zero-order valence-electron chi connectivity index (χ0n) is 32.9. The van der Waals surface area contributed by atoms with Gasteiger partial charge in [-0.15, -0.1) is 0 Å². The summed E-state index contributed by atoms with van der Waals surface area (Å²) in [5, 5.41) is 4.32. The van der Waals surface area contributed by atoms with Gasteiger partial charge in [-0.25, -0.2) is 8.78 Å². The number of hydrogen-bond donors (Lipinski definition) is 0. The zero-order chi connectivity index (χ0) is 40.7. The Bertz CT molecular complexity index is 3130. The fraction of sp³-hybridized carbons (Fsp3) is 0.0175. The standard InChI is InChI=1S/C57H36F2N2/c58-37-17-15-23-41(33-37)60(39-19-3-1-4-20-39)53-35-51-55(47-29-9-7-27-45(47)53)56-48-30-10-8-28-46(48)54(61(40-21-5-2-6-22-40)42-24-16-18-38(59)34-42)36-52(56)57(51)49-31-13-11-25-43(49)44-26-12-14-32-50(44)57/h1-36H. The summed E-state index contributed by atoms with van der Waals surface area (Å²) in [6, 6.07) is 73.9. The van der Waals surface area contributed by atoms with Gasteiger partial charge in [-0.05, 0) is 128 Å². The van der Waals surface area contributed by atoms with Crippen molar-refractivity contribution in [2.45, 2.75) is 5.41 Å². The van der Waals surface area contributed by atoms with Crippen LogP contribution < -0.4 is 9.80 Å². The predicted molar refractivity (Wildman–Crippen MR) is 247 cm³/mol. The number of rotatable bonds is 6. The lowest BCUT2D eigenvalue weighted by Gasteiger charge is -2.34. The van der Waals surface area contributed by atoms with Gasteiger partial charge < -0.3 is 9.80 Å². The molecule has 1 spiro atoms. The molecule has 0 aliphatic heterocycles. The smallest absolute Gasteiger partial charge is 0.125 e. The largest absolute Gasteiger partial charge is 0.310 e. The van der Waals surface area contributed by atoms with Crippen LogP contribution in [0.5, 0.6) is 0 Å². The van der Waals surface area contributed by atoms with E-state index in [0.29, 0.717) is 0 Å². The van der Waals surface area contributed by atoms with Crippen molar-refractivity contribution in [1.29, 1.82) is 0 Å². The molecule has 0 N–H and O–H groups in total. The van der Waals surface area contributed by atoms with E-state index in [0.717, 1.165) is 66.8 Å². The fourth-order valence-corrected chi connectivity index (χ4v) is 10.4. The molecule has 0 unspecified atom stereocenters. The number of halogens is 2. The molecule has 0 bridgehead atoms. The van der Waals surface area contributed by atoms with Crippen molar-refractivity contribution in [3.05, 3.63) is 252 Å². The summed E-state index contributed by atoms with van der Waals surface area (Å²) in [4.78, 5) is 4.39. The van der Waals surface area contributed by atoms with E-state index in [9.17, 15) is 0 Å². The van der Waals surface area contributed by atoms with Crippen molar-refractivity contribution >= 4 is 55.7 Å². The van der Waals surface area contributed by atoms with E-state index in [1.807, 2.05) is 48.5 Å². The molecule has 0 saturated heterocycles. The van der Waals surface area contributed by atoms with E-state index in [4.69, 9.17) is 0 Å². The van der Waals surface area contributed by atoms with E-state index in [-0.39, 0.29) is 11.6 Å². The number of para-hydroxylation sites is 2. The number of nitrogens with zero attached hydrogens (tertiary/aromatic N) is 2. The number of benzene rings is 10. The van der Waals surface area contributed by atoms with E-state index in [2.05, 4.69) is 143 Å². The van der Waals surface area contributed by atoms with Crippen LogP contribution in [-0.4, -0.2) is 0 Å². The number of fused-ring (bicyclic) bond motifs is 14. The number of hydrogen-bond acceptors (Lipinski definition) is 2. The van der Waals surface area contributed by atoms with E-state index >= 15 is 8.78 Å². The summed E-state index contributed by atoms with van der Waals surface area (Å²) in [5.41, 5.74) is 13.9. The van der Waals surface area contributed by atoms with Crippen molar-refractivity contribution < 1.29 is 8.78 Å². The van der Waals surface area contributed by atoms with Crippen LogP contribution in [-0.2, 0) is 5.41 Å². The molecule has 2 aliphatic carbocycles. The van der Waals surface area contributed by atoms with Crippen LogP contribution in [0.2, 0.25) is 0 Å². The first-order valence-corrected chi connectivity index (χ1v) is 20.6. The first kappa shape index (κ1) is 35.2. The SMILES string of the molecule is Fc1cccc(N(c2ccccc2)c2cc3c(c4ccccc24)-c2c(cc(N(c4ccccc4)c4cccc(F)c4)c4ccccc24)C32c3ccccc3-c3ccccc32)c1. The summed E-state index contributed by atoms with van der Waals surface area (Å²) in [6.45, 7) is 0. The molecular formula is C57H36F2N2. The maximum Gasteiger partial charge on any atom is 0.125 e. The van der Waals surface area contributed by atoms with Crippen LogP contribution in [0.25, 0.3) is 43.8 Å². The highest BCUT2D eigenvalue weighted by molar-refractivity contribution is 6.19. The Morgan fingerprint density at radius 2 is 0.656 bits per heavy atom. The van der Waals surface area contributed by atoms with Gasteiger partial charge in [0.1, 0.15) is 11.6 Å². The maximum atomic E-state index is 15.3. The third-order valence-corrected chi connectivity index (χ3v) is 12.7. The molecule has 0 heterocycles. The highest BCUT2D eigenvalue weighted by atomic mass is 19.1. The van der Waals surface area contributed by atoms with Crippen LogP contribution in [0.1, 0.15) is 22.3 Å². The van der Waals surface area contributed by atoms with Gasteiger partial charge >= 0.3 is 0 Å². The van der Waals surface area contributed by atoms with Crippen molar-refractivity contribution in [2.75, 3.05) is 9.80 Å². The minimum absolute atomic E-state index is 0.299. The third-order valence-electron chi connectivity index (χ3n) is 12.7. The lowest BCUT2D eigenvalue weighted by molar-refractivity contribution is 0.627. The normalized spacial score (nSPS) is 12.9. The minimum Gasteiger partial charge on any atom is -0.310 e. The van der Waals surface area contributed by atoms with Crippen LogP contribution in [0.3, 0.4) is 0 Å². The molecule has 10 aromatic carbocycles. The van der Waals surface area contributed by atoms with E-state index < -0.39 is 5.41 Å². The molecule has 4 heteroatoms. The number of anilines is 6. The summed E-state index contributed by atoms with van der Waals surface area (Å²) in [6.07, 6.45) is 0. The Hall–Kier alpha value is -7.82. The van der Waals surface area contributed by atoms with Crippen molar-refractivity contribution in [1.82, 2.24) is 0 Å². The van der Waals surface area contributed by atoms with Gasteiger partial charge in [-0.2, -0.15) is 0 Å². The molecule has 0 saturated carbocycles. The Morgan fingerprint density at radius 1 is 0.295 bits per heavy atom. The minimum atomic E-state index is -0.760. The average Bonchev–Trinajstić information content (AvgIpc) is 3.77. The second-order valence-electron chi connectivity index (χ2n) is 15.9. The molecule has 2 nitrogen and oxygen atoms in total. The monoisotopic (exact) mass is 786 g/mol. The quantitative estimate of drug-likeness (QED) is 0.166. The molecule has 12 rings (SSSR count). The molecular weight excluding hydrogens is 751 g/mol. The summed E-state index contributed by atoms with van der Waals surface area (Å²) in [7, 11) is 0. The Morgan fingerprint density at radius 3 is 1.08 bits per heavy atom. The molecule has 0 fully saturated rings. The molecule has 2 aliphatic rings. The van der Waals surface area contributed by atoms with Gasteiger partial charge in [-0.3, -0.25) is 0 Å². The third kappa shape index (κ3) is 5.12. The molecule has 288 valence electrons. The van der Waals surface area contributed by atoms with Crippen LogP contribution in [0.15, 0.2) is 218 Å². The van der Waals surface area contributed by atoms with Gasteiger partial charge in [0, 0.05) is 33.5 Å². The highest BCUT2D eigenvalue weighted by Crippen LogP contribution is 2.67. The van der Waals surface area contributed by atoms with Crippen molar-refractivity contribution in [3.63, 3.8) is 0 Å². The summed E-state index contributed by atoms with van der Waals surface area (Å²) >= 11 is 0. The summed E-state index contributed by atoms with van der Waals surface area (Å²) in [5.74, 6) is -0.599. The molecule has 0 radical (unpaired) electrons. The molecule has 0 amide bonds. The first-order valence-electron chi connectivity index (χ1n) is 20.6. The average molecular weight is 787 g/mol. The Labute approximate surface area is 352 Å².